The second kappa shape index (κ2) is 6.95. The summed E-state index contributed by atoms with van der Waals surface area (Å²) in [5, 5.41) is 0. The van der Waals surface area contributed by atoms with Gasteiger partial charge >= 0.3 is 0 Å². The Labute approximate surface area is 129 Å². The van der Waals surface area contributed by atoms with Crippen molar-refractivity contribution >= 4 is 23.1 Å². The van der Waals surface area contributed by atoms with E-state index in [4.69, 9.17) is 23.7 Å². The highest BCUT2D eigenvalue weighted by molar-refractivity contribution is 7.80. The van der Waals surface area contributed by atoms with E-state index < -0.39 is 11.7 Å². The van der Waals surface area contributed by atoms with Gasteiger partial charge in [0.1, 0.15) is 10.8 Å². The van der Waals surface area contributed by atoms with Gasteiger partial charge in [0.25, 0.3) is 0 Å². The van der Waals surface area contributed by atoms with Crippen molar-refractivity contribution in [2.75, 3.05) is 6.54 Å². The molecular weight excluding hydrogens is 289 g/mol. The van der Waals surface area contributed by atoms with Crippen LogP contribution < -0.4 is 11.5 Å². The van der Waals surface area contributed by atoms with Gasteiger partial charge in [0.15, 0.2) is 0 Å². The molecule has 1 aliphatic carbocycles. The molecule has 0 radical (unpaired) electrons. The maximum absolute atomic E-state index is 14.4. The zero-order valence-corrected chi connectivity index (χ0v) is 12.7. The SMILES string of the molecule is NC(=O)CN(Cc1cccc(C(N)=S)c1F)C1CCCC1. The lowest BCUT2D eigenvalue weighted by Crippen LogP contribution is -2.39. The van der Waals surface area contributed by atoms with Gasteiger partial charge in [0.2, 0.25) is 5.91 Å². The van der Waals surface area contributed by atoms with Crippen molar-refractivity contribution in [3.63, 3.8) is 0 Å². The van der Waals surface area contributed by atoms with E-state index in [0.29, 0.717) is 12.1 Å². The minimum Gasteiger partial charge on any atom is -0.389 e. The number of hydrogen-bond acceptors (Lipinski definition) is 3. The molecule has 114 valence electrons. The zero-order chi connectivity index (χ0) is 15.4. The topological polar surface area (TPSA) is 72.4 Å². The van der Waals surface area contributed by atoms with E-state index in [9.17, 15) is 9.18 Å². The fourth-order valence-electron chi connectivity index (χ4n) is 2.89. The van der Waals surface area contributed by atoms with Gasteiger partial charge < -0.3 is 11.5 Å². The number of rotatable bonds is 6. The minimum absolute atomic E-state index is 0.0386. The van der Waals surface area contributed by atoms with Gasteiger partial charge in [-0.05, 0) is 18.9 Å². The molecule has 1 saturated carbocycles. The number of primary amides is 1. The molecule has 4 nitrogen and oxygen atoms in total. The average Bonchev–Trinajstić information content (AvgIpc) is 2.93. The number of nitrogens with zero attached hydrogens (tertiary/aromatic N) is 1. The predicted octanol–water partition coefficient (Wildman–Crippen LogP) is 1.69. The first-order valence-corrected chi connectivity index (χ1v) is 7.49. The van der Waals surface area contributed by atoms with Crippen LogP contribution in [0.15, 0.2) is 18.2 Å². The first kappa shape index (κ1) is 15.9. The Hall–Kier alpha value is -1.53. The molecule has 0 heterocycles. The van der Waals surface area contributed by atoms with E-state index in [-0.39, 0.29) is 23.1 Å². The number of hydrogen-bond donors (Lipinski definition) is 2. The smallest absolute Gasteiger partial charge is 0.231 e. The largest absolute Gasteiger partial charge is 0.389 e. The lowest BCUT2D eigenvalue weighted by Gasteiger charge is -2.27. The molecular formula is C15H20FN3OS. The predicted molar refractivity (Wildman–Crippen MR) is 84.1 cm³/mol. The van der Waals surface area contributed by atoms with E-state index >= 15 is 0 Å². The van der Waals surface area contributed by atoms with Crippen LogP contribution in [0.3, 0.4) is 0 Å². The number of thiocarbonyl (C=S) groups is 1. The number of amides is 1. The van der Waals surface area contributed by atoms with Gasteiger partial charge in [-0.15, -0.1) is 0 Å². The van der Waals surface area contributed by atoms with Gasteiger partial charge in [-0.2, -0.15) is 0 Å². The average molecular weight is 309 g/mol. The third-order valence-corrected chi connectivity index (χ3v) is 4.14. The molecule has 1 aliphatic rings. The van der Waals surface area contributed by atoms with Crippen molar-refractivity contribution in [1.82, 2.24) is 4.90 Å². The van der Waals surface area contributed by atoms with Crippen LogP contribution in [-0.2, 0) is 11.3 Å². The summed E-state index contributed by atoms with van der Waals surface area (Å²) in [6.45, 7) is 0.483. The Balaban J connectivity index is 2.21. The van der Waals surface area contributed by atoms with Crippen molar-refractivity contribution in [1.29, 1.82) is 0 Å². The zero-order valence-electron chi connectivity index (χ0n) is 11.8. The molecule has 1 aromatic rings. The van der Waals surface area contributed by atoms with Crippen molar-refractivity contribution < 1.29 is 9.18 Å². The number of carbonyl (C=O) groups is 1. The molecule has 1 aromatic carbocycles. The van der Waals surface area contributed by atoms with Crippen molar-refractivity contribution in [3.05, 3.63) is 35.1 Å². The van der Waals surface area contributed by atoms with Crippen LogP contribution in [0.2, 0.25) is 0 Å². The summed E-state index contributed by atoms with van der Waals surface area (Å²) in [6.07, 6.45) is 4.30. The van der Waals surface area contributed by atoms with E-state index in [1.54, 1.807) is 18.2 Å². The van der Waals surface area contributed by atoms with Crippen LogP contribution in [-0.4, -0.2) is 28.4 Å². The second-order valence-electron chi connectivity index (χ2n) is 5.45. The maximum Gasteiger partial charge on any atom is 0.231 e. The Kier molecular flexibility index (Phi) is 5.25. The summed E-state index contributed by atoms with van der Waals surface area (Å²) < 4.78 is 14.4. The fourth-order valence-corrected chi connectivity index (χ4v) is 3.05. The number of nitrogens with two attached hydrogens (primary N) is 2. The lowest BCUT2D eigenvalue weighted by atomic mass is 10.1. The lowest BCUT2D eigenvalue weighted by molar-refractivity contribution is -0.119. The summed E-state index contributed by atoms with van der Waals surface area (Å²) in [7, 11) is 0. The minimum atomic E-state index is -0.405. The molecule has 0 spiro atoms. The van der Waals surface area contributed by atoms with E-state index in [1.165, 1.54) is 0 Å². The summed E-state index contributed by atoms with van der Waals surface area (Å²) in [4.78, 5) is 13.3. The van der Waals surface area contributed by atoms with E-state index in [2.05, 4.69) is 0 Å². The van der Waals surface area contributed by atoms with Crippen LogP contribution >= 0.6 is 12.2 Å². The Morgan fingerprint density at radius 2 is 2.00 bits per heavy atom. The Bertz CT molecular complexity index is 544. The van der Waals surface area contributed by atoms with Crippen LogP contribution in [0.1, 0.15) is 36.8 Å². The summed E-state index contributed by atoms with van der Waals surface area (Å²) in [5.74, 6) is -0.801. The monoisotopic (exact) mass is 309 g/mol. The van der Waals surface area contributed by atoms with E-state index in [0.717, 1.165) is 25.7 Å². The quantitative estimate of drug-likeness (QED) is 0.784. The first-order chi connectivity index (χ1) is 9.99. The Morgan fingerprint density at radius 3 is 2.57 bits per heavy atom. The Morgan fingerprint density at radius 1 is 1.33 bits per heavy atom. The van der Waals surface area contributed by atoms with Gasteiger partial charge in [-0.1, -0.05) is 37.2 Å². The summed E-state index contributed by atoms with van der Waals surface area (Å²) in [5.41, 5.74) is 11.6. The molecule has 6 heteroatoms. The molecule has 21 heavy (non-hydrogen) atoms. The number of halogens is 1. The number of benzene rings is 1. The van der Waals surface area contributed by atoms with Crippen molar-refractivity contribution in [2.24, 2.45) is 11.5 Å². The molecule has 1 fully saturated rings. The molecule has 4 N–H and O–H groups in total. The molecule has 0 saturated heterocycles. The van der Waals surface area contributed by atoms with Crippen LogP contribution in [0.4, 0.5) is 4.39 Å². The second-order valence-corrected chi connectivity index (χ2v) is 5.89. The third kappa shape index (κ3) is 3.98. The third-order valence-electron chi connectivity index (χ3n) is 3.92. The molecule has 0 bridgehead atoms. The van der Waals surface area contributed by atoms with Gasteiger partial charge in [0.05, 0.1) is 6.54 Å². The first-order valence-electron chi connectivity index (χ1n) is 7.08. The molecule has 0 unspecified atom stereocenters. The molecule has 0 aromatic heterocycles. The highest BCUT2D eigenvalue weighted by atomic mass is 32.1. The summed E-state index contributed by atoms with van der Waals surface area (Å²) in [6, 6.07) is 5.27. The van der Waals surface area contributed by atoms with Crippen LogP contribution in [0, 0.1) is 5.82 Å². The maximum atomic E-state index is 14.4. The molecule has 1 amide bonds. The molecule has 0 aliphatic heterocycles. The highest BCUT2D eigenvalue weighted by Crippen LogP contribution is 2.25. The van der Waals surface area contributed by atoms with Gasteiger partial charge in [0, 0.05) is 23.7 Å². The van der Waals surface area contributed by atoms with Crippen molar-refractivity contribution in [3.8, 4) is 0 Å². The standard InChI is InChI=1S/C15H20FN3OS/c16-14-10(4-3-7-12(14)15(18)21)8-19(9-13(17)20)11-5-1-2-6-11/h3-4,7,11H,1-2,5-6,8-9H2,(H2,17,20)(H2,18,21). The van der Waals surface area contributed by atoms with E-state index in [1.807, 2.05) is 4.90 Å². The van der Waals surface area contributed by atoms with Gasteiger partial charge in [-0.25, -0.2) is 4.39 Å². The fraction of sp³-hybridized carbons (Fsp3) is 0.467. The van der Waals surface area contributed by atoms with Crippen LogP contribution in [0.5, 0.6) is 0 Å². The van der Waals surface area contributed by atoms with Gasteiger partial charge in [-0.3, -0.25) is 9.69 Å². The normalized spacial score (nSPS) is 15.5. The number of carbonyl (C=O) groups excluding carboxylic acids is 1. The molecule has 2 rings (SSSR count). The molecule has 0 atom stereocenters. The summed E-state index contributed by atoms with van der Waals surface area (Å²) >= 11 is 4.85. The van der Waals surface area contributed by atoms with Crippen LogP contribution in [0.25, 0.3) is 0 Å². The van der Waals surface area contributed by atoms with Crippen molar-refractivity contribution in [2.45, 2.75) is 38.3 Å². The highest BCUT2D eigenvalue weighted by Gasteiger charge is 2.25.